The fraction of sp³-hybridized carbons (Fsp3) is 0.769. The van der Waals surface area contributed by atoms with E-state index >= 15 is 0 Å². The number of aromatic nitrogens is 1. The molecule has 0 spiro atoms. The summed E-state index contributed by atoms with van der Waals surface area (Å²) in [7, 11) is 0. The quantitative estimate of drug-likeness (QED) is 0.697. The fourth-order valence-electron chi connectivity index (χ4n) is 1.72. The molecule has 0 amide bonds. The van der Waals surface area contributed by atoms with Crippen molar-refractivity contribution in [3.63, 3.8) is 0 Å². The number of rotatable bonds is 8. The van der Waals surface area contributed by atoms with Crippen molar-refractivity contribution >= 4 is 11.3 Å². The minimum atomic E-state index is 0.612. The van der Waals surface area contributed by atoms with Crippen molar-refractivity contribution in [1.82, 2.24) is 10.3 Å². The van der Waals surface area contributed by atoms with Gasteiger partial charge in [-0.3, -0.25) is 0 Å². The first kappa shape index (κ1) is 13.7. The van der Waals surface area contributed by atoms with Crippen LogP contribution in [0.5, 0.6) is 0 Å². The summed E-state index contributed by atoms with van der Waals surface area (Å²) in [6.07, 6.45) is 8.65. The van der Waals surface area contributed by atoms with Gasteiger partial charge in [-0.1, -0.05) is 32.6 Å². The Labute approximate surface area is 103 Å². The molecule has 0 aliphatic rings. The molecule has 1 N–H and O–H groups in total. The van der Waals surface area contributed by atoms with Crippen LogP contribution in [0.1, 0.15) is 55.8 Å². The zero-order valence-electron chi connectivity index (χ0n) is 10.8. The van der Waals surface area contributed by atoms with Crippen LogP contribution in [0.25, 0.3) is 0 Å². The highest BCUT2D eigenvalue weighted by atomic mass is 32.1. The summed E-state index contributed by atoms with van der Waals surface area (Å²) < 4.78 is 0. The largest absolute Gasteiger partial charge is 0.308 e. The van der Waals surface area contributed by atoms with Gasteiger partial charge in [-0.2, -0.15) is 0 Å². The summed E-state index contributed by atoms with van der Waals surface area (Å²) in [6.45, 7) is 7.56. The average Bonchev–Trinajstić information content (AvgIpc) is 2.68. The molecule has 3 heteroatoms. The first-order chi connectivity index (χ1) is 7.72. The predicted octanol–water partition coefficient (Wildman–Crippen LogP) is 3.90. The molecule has 1 aromatic rings. The third-order valence-electron chi connectivity index (χ3n) is 2.76. The first-order valence-corrected chi connectivity index (χ1v) is 7.18. The smallest absolute Gasteiger partial charge is 0.107 e. The highest BCUT2D eigenvalue weighted by molar-refractivity contribution is 7.11. The molecule has 0 saturated heterocycles. The number of nitrogens with one attached hydrogen (secondary N) is 1. The molecule has 92 valence electrons. The summed E-state index contributed by atoms with van der Waals surface area (Å²) in [5.41, 5.74) is 0. The SMILES string of the molecule is CCCCCCC(C)NCc1ncc(C)s1. The van der Waals surface area contributed by atoms with E-state index in [4.69, 9.17) is 0 Å². The van der Waals surface area contributed by atoms with E-state index in [9.17, 15) is 0 Å². The van der Waals surface area contributed by atoms with Crippen molar-refractivity contribution in [2.45, 2.75) is 65.5 Å². The molecule has 1 rings (SSSR count). The Hall–Kier alpha value is -0.410. The van der Waals surface area contributed by atoms with E-state index in [1.165, 1.54) is 42.0 Å². The molecule has 0 fully saturated rings. The molecule has 1 atom stereocenters. The minimum Gasteiger partial charge on any atom is -0.308 e. The Kier molecular flexibility index (Phi) is 6.65. The fourth-order valence-corrected chi connectivity index (χ4v) is 2.46. The first-order valence-electron chi connectivity index (χ1n) is 6.37. The second kappa shape index (κ2) is 7.80. The lowest BCUT2D eigenvalue weighted by molar-refractivity contribution is 0.482. The molecule has 0 bridgehead atoms. The van der Waals surface area contributed by atoms with Gasteiger partial charge in [0.1, 0.15) is 5.01 Å². The number of thiazole rings is 1. The van der Waals surface area contributed by atoms with Crippen molar-refractivity contribution < 1.29 is 0 Å². The summed E-state index contributed by atoms with van der Waals surface area (Å²) >= 11 is 1.79. The Morgan fingerprint density at radius 2 is 2.19 bits per heavy atom. The van der Waals surface area contributed by atoms with Crippen LogP contribution in [-0.4, -0.2) is 11.0 Å². The normalized spacial score (nSPS) is 12.9. The molecular weight excluding hydrogens is 216 g/mol. The lowest BCUT2D eigenvalue weighted by Crippen LogP contribution is -2.25. The molecule has 0 saturated carbocycles. The maximum absolute atomic E-state index is 4.35. The topological polar surface area (TPSA) is 24.9 Å². The maximum Gasteiger partial charge on any atom is 0.107 e. The van der Waals surface area contributed by atoms with Gasteiger partial charge in [-0.25, -0.2) is 4.98 Å². The van der Waals surface area contributed by atoms with Gasteiger partial charge < -0.3 is 5.32 Å². The second-order valence-corrected chi connectivity index (χ2v) is 5.82. The zero-order valence-corrected chi connectivity index (χ0v) is 11.6. The van der Waals surface area contributed by atoms with Gasteiger partial charge in [0.15, 0.2) is 0 Å². The molecule has 1 aromatic heterocycles. The van der Waals surface area contributed by atoms with Crippen LogP contribution >= 0.6 is 11.3 Å². The van der Waals surface area contributed by atoms with Gasteiger partial charge in [0.25, 0.3) is 0 Å². The van der Waals surface area contributed by atoms with Crippen molar-refractivity contribution in [3.8, 4) is 0 Å². The van der Waals surface area contributed by atoms with Gasteiger partial charge in [0, 0.05) is 23.7 Å². The third-order valence-corrected chi connectivity index (χ3v) is 3.67. The minimum absolute atomic E-state index is 0.612. The summed E-state index contributed by atoms with van der Waals surface area (Å²) in [5.74, 6) is 0. The Morgan fingerprint density at radius 3 is 2.81 bits per heavy atom. The van der Waals surface area contributed by atoms with Crippen LogP contribution in [0.4, 0.5) is 0 Å². The van der Waals surface area contributed by atoms with E-state index in [1.807, 2.05) is 6.20 Å². The molecule has 0 radical (unpaired) electrons. The summed E-state index contributed by atoms with van der Waals surface area (Å²) in [6, 6.07) is 0.612. The summed E-state index contributed by atoms with van der Waals surface area (Å²) in [5, 5.41) is 4.74. The van der Waals surface area contributed by atoms with Crippen LogP contribution in [0.3, 0.4) is 0 Å². The molecule has 1 unspecified atom stereocenters. The van der Waals surface area contributed by atoms with E-state index in [0.717, 1.165) is 6.54 Å². The van der Waals surface area contributed by atoms with E-state index in [2.05, 4.69) is 31.1 Å². The van der Waals surface area contributed by atoms with Crippen LogP contribution in [0.2, 0.25) is 0 Å². The van der Waals surface area contributed by atoms with Crippen molar-refractivity contribution in [2.24, 2.45) is 0 Å². The highest BCUT2D eigenvalue weighted by Crippen LogP contribution is 2.11. The highest BCUT2D eigenvalue weighted by Gasteiger charge is 2.03. The Balaban J connectivity index is 2.08. The monoisotopic (exact) mass is 240 g/mol. The molecule has 1 heterocycles. The lowest BCUT2D eigenvalue weighted by atomic mass is 10.1. The van der Waals surface area contributed by atoms with Crippen LogP contribution in [-0.2, 0) is 6.54 Å². The van der Waals surface area contributed by atoms with Gasteiger partial charge in [-0.15, -0.1) is 11.3 Å². The number of hydrogen-bond acceptors (Lipinski definition) is 3. The van der Waals surface area contributed by atoms with E-state index in [0.29, 0.717) is 6.04 Å². The van der Waals surface area contributed by atoms with Crippen molar-refractivity contribution in [2.75, 3.05) is 0 Å². The standard InChI is InChI=1S/C13H24N2S/c1-4-5-6-7-8-11(2)14-10-13-15-9-12(3)16-13/h9,11,14H,4-8,10H2,1-3H3. The van der Waals surface area contributed by atoms with Crippen molar-refractivity contribution in [1.29, 1.82) is 0 Å². The van der Waals surface area contributed by atoms with Gasteiger partial charge >= 0.3 is 0 Å². The molecular formula is C13H24N2S. The number of aryl methyl sites for hydroxylation is 1. The van der Waals surface area contributed by atoms with Gasteiger partial charge in [-0.05, 0) is 20.3 Å². The van der Waals surface area contributed by atoms with Gasteiger partial charge in [0.05, 0.1) is 0 Å². The van der Waals surface area contributed by atoms with E-state index in [1.54, 1.807) is 11.3 Å². The van der Waals surface area contributed by atoms with Gasteiger partial charge in [0.2, 0.25) is 0 Å². The summed E-state index contributed by atoms with van der Waals surface area (Å²) in [4.78, 5) is 5.65. The molecule has 0 aliphatic carbocycles. The van der Waals surface area contributed by atoms with Crippen molar-refractivity contribution in [3.05, 3.63) is 16.1 Å². The van der Waals surface area contributed by atoms with E-state index in [-0.39, 0.29) is 0 Å². The predicted molar refractivity (Wildman–Crippen MR) is 71.9 cm³/mol. The molecule has 2 nitrogen and oxygen atoms in total. The lowest BCUT2D eigenvalue weighted by Gasteiger charge is -2.12. The van der Waals surface area contributed by atoms with Crippen LogP contribution in [0.15, 0.2) is 6.20 Å². The molecule has 0 aliphatic heterocycles. The number of hydrogen-bond donors (Lipinski definition) is 1. The molecule has 0 aromatic carbocycles. The van der Waals surface area contributed by atoms with Crippen LogP contribution < -0.4 is 5.32 Å². The Morgan fingerprint density at radius 1 is 1.38 bits per heavy atom. The maximum atomic E-state index is 4.35. The molecule has 16 heavy (non-hydrogen) atoms. The Bertz CT molecular complexity index is 283. The second-order valence-electron chi connectivity index (χ2n) is 4.50. The van der Waals surface area contributed by atoms with Crippen LogP contribution in [0, 0.1) is 6.92 Å². The number of unbranched alkanes of at least 4 members (excludes halogenated alkanes) is 3. The third kappa shape index (κ3) is 5.61. The zero-order chi connectivity index (χ0) is 11.8. The van der Waals surface area contributed by atoms with E-state index < -0.39 is 0 Å². The number of nitrogens with zero attached hydrogens (tertiary/aromatic N) is 1. The average molecular weight is 240 g/mol.